The Bertz CT molecular complexity index is 254. The zero-order valence-electron chi connectivity index (χ0n) is 9.64. The monoisotopic (exact) mass is 196 g/mol. The minimum atomic E-state index is -0.317. The molecular weight excluding hydrogens is 176 g/mol. The molecule has 0 amide bonds. The van der Waals surface area contributed by atoms with E-state index in [-0.39, 0.29) is 22.4 Å². The van der Waals surface area contributed by atoms with Crippen molar-refractivity contribution >= 4 is 11.6 Å². The quantitative estimate of drug-likeness (QED) is 0.650. The van der Waals surface area contributed by atoms with Crippen LogP contribution in [0, 0.1) is 10.8 Å². The highest BCUT2D eigenvalue weighted by Gasteiger charge is 2.42. The topological polar surface area (TPSA) is 34.1 Å². The lowest BCUT2D eigenvalue weighted by molar-refractivity contribution is -0.146. The highest BCUT2D eigenvalue weighted by atomic mass is 16.2. The minimum absolute atomic E-state index is 0.0765. The standard InChI is InChI=1S/C12H20O2/c1-11(2,3)8-9(13)10(14)12(4)6-5-7-12/h5-8H2,1-4H3. The van der Waals surface area contributed by atoms with Crippen LogP contribution in [0.3, 0.4) is 0 Å². The van der Waals surface area contributed by atoms with Crippen molar-refractivity contribution in [3.8, 4) is 0 Å². The summed E-state index contributed by atoms with van der Waals surface area (Å²) in [4.78, 5) is 23.4. The van der Waals surface area contributed by atoms with Gasteiger partial charge in [0.15, 0.2) is 5.78 Å². The molecule has 2 nitrogen and oxygen atoms in total. The molecule has 0 N–H and O–H groups in total. The smallest absolute Gasteiger partial charge is 0.204 e. The maximum absolute atomic E-state index is 11.8. The van der Waals surface area contributed by atoms with Gasteiger partial charge in [0, 0.05) is 11.8 Å². The molecule has 1 saturated carbocycles. The van der Waals surface area contributed by atoms with Crippen LogP contribution in [0.1, 0.15) is 53.4 Å². The van der Waals surface area contributed by atoms with Crippen LogP contribution in [0.2, 0.25) is 0 Å². The van der Waals surface area contributed by atoms with Gasteiger partial charge < -0.3 is 0 Å². The number of ketones is 2. The molecule has 14 heavy (non-hydrogen) atoms. The van der Waals surface area contributed by atoms with E-state index in [9.17, 15) is 9.59 Å². The van der Waals surface area contributed by atoms with Gasteiger partial charge in [-0.15, -0.1) is 0 Å². The molecule has 1 aliphatic carbocycles. The van der Waals surface area contributed by atoms with Crippen LogP contribution in [0.15, 0.2) is 0 Å². The van der Waals surface area contributed by atoms with E-state index < -0.39 is 0 Å². The summed E-state index contributed by atoms with van der Waals surface area (Å²) >= 11 is 0. The van der Waals surface area contributed by atoms with Gasteiger partial charge in [0.2, 0.25) is 5.78 Å². The van der Waals surface area contributed by atoms with Crippen LogP contribution in [-0.4, -0.2) is 11.6 Å². The van der Waals surface area contributed by atoms with Crippen molar-refractivity contribution in [2.45, 2.75) is 53.4 Å². The molecule has 1 fully saturated rings. The van der Waals surface area contributed by atoms with Gasteiger partial charge in [-0.1, -0.05) is 34.1 Å². The molecule has 0 atom stereocenters. The molecular formula is C12H20O2. The molecule has 0 heterocycles. The van der Waals surface area contributed by atoms with Crippen LogP contribution in [0.25, 0.3) is 0 Å². The summed E-state index contributed by atoms with van der Waals surface area (Å²) in [7, 11) is 0. The van der Waals surface area contributed by atoms with Crippen molar-refractivity contribution in [2.75, 3.05) is 0 Å². The molecule has 0 saturated heterocycles. The molecule has 80 valence electrons. The number of hydrogen-bond acceptors (Lipinski definition) is 2. The maximum atomic E-state index is 11.8. The van der Waals surface area contributed by atoms with Gasteiger partial charge in [0.05, 0.1) is 0 Å². The number of rotatable bonds is 3. The first kappa shape index (κ1) is 11.4. The van der Waals surface area contributed by atoms with Crippen LogP contribution < -0.4 is 0 Å². The normalized spacial score (nSPS) is 20.0. The molecule has 0 aromatic rings. The summed E-state index contributed by atoms with van der Waals surface area (Å²) in [6.07, 6.45) is 3.25. The van der Waals surface area contributed by atoms with Crippen LogP contribution in [0.5, 0.6) is 0 Å². The van der Waals surface area contributed by atoms with Crippen molar-refractivity contribution in [3.63, 3.8) is 0 Å². The highest BCUT2D eigenvalue weighted by molar-refractivity contribution is 6.39. The zero-order chi connectivity index (χ0) is 11.0. The van der Waals surface area contributed by atoms with Crippen molar-refractivity contribution < 1.29 is 9.59 Å². The Labute approximate surface area is 86.1 Å². The Balaban J connectivity index is 2.57. The Morgan fingerprint density at radius 3 is 2.00 bits per heavy atom. The Kier molecular flexibility index (Phi) is 2.84. The van der Waals surface area contributed by atoms with Crippen molar-refractivity contribution in [1.82, 2.24) is 0 Å². The molecule has 1 aliphatic rings. The zero-order valence-corrected chi connectivity index (χ0v) is 9.64. The fraction of sp³-hybridized carbons (Fsp3) is 0.833. The van der Waals surface area contributed by atoms with Gasteiger partial charge in [-0.25, -0.2) is 0 Å². The minimum Gasteiger partial charge on any atom is -0.291 e. The molecule has 0 aromatic heterocycles. The molecule has 0 bridgehead atoms. The Morgan fingerprint density at radius 1 is 1.21 bits per heavy atom. The molecule has 2 heteroatoms. The fourth-order valence-electron chi connectivity index (χ4n) is 1.83. The lowest BCUT2D eigenvalue weighted by Gasteiger charge is -2.36. The SMILES string of the molecule is CC(C)(C)CC(=O)C(=O)C1(C)CCC1. The molecule has 0 aliphatic heterocycles. The van der Waals surface area contributed by atoms with E-state index in [1.807, 2.05) is 27.7 Å². The van der Waals surface area contributed by atoms with E-state index in [4.69, 9.17) is 0 Å². The first-order valence-corrected chi connectivity index (χ1v) is 5.32. The molecule has 0 spiro atoms. The van der Waals surface area contributed by atoms with Crippen LogP contribution in [-0.2, 0) is 9.59 Å². The first-order chi connectivity index (χ1) is 6.25. The lowest BCUT2D eigenvalue weighted by Crippen LogP contribution is -2.40. The number of carbonyl (C=O) groups is 2. The van der Waals surface area contributed by atoms with Gasteiger partial charge in [-0.3, -0.25) is 9.59 Å². The lowest BCUT2D eigenvalue weighted by atomic mass is 9.66. The van der Waals surface area contributed by atoms with Gasteiger partial charge in [-0.05, 0) is 18.3 Å². The third kappa shape index (κ3) is 2.43. The maximum Gasteiger partial charge on any atom is 0.204 e. The van der Waals surface area contributed by atoms with E-state index in [2.05, 4.69) is 0 Å². The predicted molar refractivity (Wildman–Crippen MR) is 56.0 cm³/mol. The van der Waals surface area contributed by atoms with Crippen molar-refractivity contribution in [3.05, 3.63) is 0 Å². The van der Waals surface area contributed by atoms with Crippen molar-refractivity contribution in [2.24, 2.45) is 10.8 Å². The second-order valence-electron chi connectivity index (χ2n) is 5.90. The summed E-state index contributed by atoms with van der Waals surface area (Å²) in [6.45, 7) is 7.88. The Hall–Kier alpha value is -0.660. The Morgan fingerprint density at radius 2 is 1.71 bits per heavy atom. The van der Waals surface area contributed by atoms with Gasteiger partial charge in [0.1, 0.15) is 0 Å². The van der Waals surface area contributed by atoms with Gasteiger partial charge >= 0.3 is 0 Å². The molecule has 0 aromatic carbocycles. The van der Waals surface area contributed by atoms with E-state index in [1.54, 1.807) is 0 Å². The third-order valence-electron chi connectivity index (χ3n) is 2.95. The van der Waals surface area contributed by atoms with Gasteiger partial charge in [0.25, 0.3) is 0 Å². The third-order valence-corrected chi connectivity index (χ3v) is 2.95. The summed E-state index contributed by atoms with van der Waals surface area (Å²) < 4.78 is 0. The average Bonchev–Trinajstić information content (AvgIpc) is 1.95. The summed E-state index contributed by atoms with van der Waals surface area (Å²) in [5.41, 5.74) is -0.394. The largest absolute Gasteiger partial charge is 0.291 e. The number of Topliss-reactive ketones (excluding diaryl/α,β-unsaturated/α-hetero) is 2. The average molecular weight is 196 g/mol. The van der Waals surface area contributed by atoms with Crippen molar-refractivity contribution in [1.29, 1.82) is 0 Å². The summed E-state index contributed by atoms with van der Waals surface area (Å²) in [5, 5.41) is 0. The van der Waals surface area contributed by atoms with Crippen LogP contribution >= 0.6 is 0 Å². The number of hydrogen-bond donors (Lipinski definition) is 0. The molecule has 0 radical (unpaired) electrons. The first-order valence-electron chi connectivity index (χ1n) is 5.32. The predicted octanol–water partition coefficient (Wildman–Crippen LogP) is 2.75. The van der Waals surface area contributed by atoms with Crippen LogP contribution in [0.4, 0.5) is 0 Å². The second kappa shape index (κ2) is 3.48. The van der Waals surface area contributed by atoms with E-state index in [1.165, 1.54) is 0 Å². The highest BCUT2D eigenvalue weighted by Crippen LogP contribution is 2.41. The van der Waals surface area contributed by atoms with E-state index in [0.29, 0.717) is 6.42 Å². The van der Waals surface area contributed by atoms with Gasteiger partial charge in [-0.2, -0.15) is 0 Å². The fourth-order valence-corrected chi connectivity index (χ4v) is 1.83. The van der Waals surface area contributed by atoms with E-state index >= 15 is 0 Å². The molecule has 0 unspecified atom stereocenters. The second-order valence-corrected chi connectivity index (χ2v) is 5.90. The number of carbonyl (C=O) groups excluding carboxylic acids is 2. The summed E-state index contributed by atoms with van der Waals surface area (Å²) in [5.74, 6) is -0.321. The molecule has 1 rings (SSSR count). The van der Waals surface area contributed by atoms with E-state index in [0.717, 1.165) is 19.3 Å². The summed E-state index contributed by atoms with van der Waals surface area (Å²) in [6, 6.07) is 0.